The van der Waals surface area contributed by atoms with Crippen LogP contribution in [0.4, 0.5) is 5.69 Å². The van der Waals surface area contributed by atoms with Crippen LogP contribution in [0.1, 0.15) is 11.7 Å². The summed E-state index contributed by atoms with van der Waals surface area (Å²) in [6, 6.07) is 5.81. The number of hydrogen-bond donors (Lipinski definition) is 2. The first-order chi connectivity index (χ1) is 6.16. The maximum absolute atomic E-state index is 10.5. The molecule has 0 bridgehead atoms. The molecule has 0 saturated carbocycles. The van der Waals surface area contributed by atoms with Gasteiger partial charge < -0.3 is 10.5 Å². The number of nitro groups is 1. The smallest absolute Gasteiger partial charge is 0.275 e. The SMILES string of the molecule is N=CC(O)c1ccccc1[N+](=O)[O-]. The predicted molar refractivity (Wildman–Crippen MR) is 46.8 cm³/mol. The summed E-state index contributed by atoms with van der Waals surface area (Å²) in [6.45, 7) is 0. The molecule has 5 nitrogen and oxygen atoms in total. The second-order valence-electron chi connectivity index (χ2n) is 2.43. The van der Waals surface area contributed by atoms with Crippen LogP contribution in [0, 0.1) is 15.5 Å². The van der Waals surface area contributed by atoms with Crippen molar-refractivity contribution in [3.63, 3.8) is 0 Å². The number of rotatable bonds is 3. The molecule has 0 amide bonds. The Balaban J connectivity index is 3.19. The van der Waals surface area contributed by atoms with Crippen molar-refractivity contribution in [3.8, 4) is 0 Å². The molecule has 0 aromatic heterocycles. The summed E-state index contributed by atoms with van der Waals surface area (Å²) in [5, 5.41) is 26.5. The molecule has 1 atom stereocenters. The molecule has 1 rings (SSSR count). The number of aliphatic hydroxyl groups is 1. The van der Waals surface area contributed by atoms with Crippen molar-refractivity contribution in [3.05, 3.63) is 39.9 Å². The van der Waals surface area contributed by atoms with Crippen molar-refractivity contribution in [1.29, 1.82) is 5.41 Å². The van der Waals surface area contributed by atoms with Gasteiger partial charge in [0.2, 0.25) is 0 Å². The lowest BCUT2D eigenvalue weighted by Crippen LogP contribution is -2.02. The minimum absolute atomic E-state index is 0.141. The molecule has 0 radical (unpaired) electrons. The van der Waals surface area contributed by atoms with E-state index in [2.05, 4.69) is 0 Å². The van der Waals surface area contributed by atoms with Gasteiger partial charge in [0.25, 0.3) is 5.69 Å². The van der Waals surface area contributed by atoms with Gasteiger partial charge in [-0.05, 0) is 6.07 Å². The molecular formula is C8H8N2O3. The zero-order chi connectivity index (χ0) is 9.84. The van der Waals surface area contributed by atoms with Crippen molar-refractivity contribution in [2.45, 2.75) is 6.10 Å². The molecule has 2 N–H and O–H groups in total. The lowest BCUT2D eigenvalue weighted by atomic mass is 10.1. The summed E-state index contributed by atoms with van der Waals surface area (Å²) in [4.78, 5) is 9.88. The lowest BCUT2D eigenvalue weighted by Gasteiger charge is -2.04. The summed E-state index contributed by atoms with van der Waals surface area (Å²) in [7, 11) is 0. The molecular weight excluding hydrogens is 172 g/mol. The van der Waals surface area contributed by atoms with Crippen LogP contribution in [0.2, 0.25) is 0 Å². The molecule has 0 aliphatic heterocycles. The van der Waals surface area contributed by atoms with Crippen molar-refractivity contribution >= 4 is 11.9 Å². The number of benzene rings is 1. The first kappa shape index (κ1) is 9.34. The number of nitrogens with one attached hydrogen (secondary N) is 1. The number of nitrogens with zero attached hydrogens (tertiary/aromatic N) is 1. The van der Waals surface area contributed by atoms with Crippen LogP contribution in [0.25, 0.3) is 0 Å². The van der Waals surface area contributed by atoms with E-state index in [0.717, 1.165) is 6.21 Å². The van der Waals surface area contributed by atoms with Gasteiger partial charge >= 0.3 is 0 Å². The lowest BCUT2D eigenvalue weighted by molar-refractivity contribution is -0.386. The first-order valence-electron chi connectivity index (χ1n) is 3.58. The zero-order valence-electron chi connectivity index (χ0n) is 6.68. The Morgan fingerprint density at radius 1 is 1.54 bits per heavy atom. The van der Waals surface area contributed by atoms with Crippen LogP contribution in [0.15, 0.2) is 24.3 Å². The highest BCUT2D eigenvalue weighted by molar-refractivity contribution is 5.65. The standard InChI is InChI=1S/C8H8N2O3/c9-5-8(11)6-3-1-2-4-7(6)10(12)13/h1-5,8-9,11H. The highest BCUT2D eigenvalue weighted by Crippen LogP contribution is 2.22. The number of aliphatic hydroxyl groups excluding tert-OH is 1. The molecule has 68 valence electrons. The number of hydrogen-bond acceptors (Lipinski definition) is 4. The van der Waals surface area contributed by atoms with Gasteiger partial charge in [-0.2, -0.15) is 0 Å². The van der Waals surface area contributed by atoms with E-state index in [1.807, 2.05) is 0 Å². The molecule has 5 heteroatoms. The van der Waals surface area contributed by atoms with Gasteiger partial charge in [-0.15, -0.1) is 0 Å². The van der Waals surface area contributed by atoms with Crippen molar-refractivity contribution in [2.24, 2.45) is 0 Å². The summed E-state index contributed by atoms with van der Waals surface area (Å²) in [6.07, 6.45) is -0.455. The molecule has 0 spiro atoms. The van der Waals surface area contributed by atoms with Crippen LogP contribution in [-0.4, -0.2) is 16.2 Å². The van der Waals surface area contributed by atoms with Crippen LogP contribution >= 0.6 is 0 Å². The van der Waals surface area contributed by atoms with Crippen molar-refractivity contribution in [2.75, 3.05) is 0 Å². The topological polar surface area (TPSA) is 87.2 Å². The molecule has 1 aromatic carbocycles. The normalized spacial score (nSPS) is 12.1. The third-order valence-electron chi connectivity index (χ3n) is 1.61. The van der Waals surface area contributed by atoms with E-state index in [0.29, 0.717) is 0 Å². The van der Waals surface area contributed by atoms with E-state index >= 15 is 0 Å². The predicted octanol–water partition coefficient (Wildman–Crippen LogP) is 1.28. The van der Waals surface area contributed by atoms with Crippen LogP contribution in [-0.2, 0) is 0 Å². The molecule has 1 aromatic rings. The molecule has 0 heterocycles. The van der Waals surface area contributed by atoms with Crippen LogP contribution < -0.4 is 0 Å². The first-order valence-corrected chi connectivity index (χ1v) is 3.58. The Hall–Kier alpha value is -1.75. The summed E-state index contributed by atoms with van der Waals surface area (Å²) in [5.74, 6) is 0. The second-order valence-corrected chi connectivity index (χ2v) is 2.43. The number of para-hydroxylation sites is 1. The van der Waals surface area contributed by atoms with E-state index in [4.69, 9.17) is 5.41 Å². The van der Waals surface area contributed by atoms with Gasteiger partial charge in [0.15, 0.2) is 0 Å². The molecule has 0 fully saturated rings. The largest absolute Gasteiger partial charge is 0.382 e. The van der Waals surface area contributed by atoms with Crippen molar-refractivity contribution < 1.29 is 10.0 Å². The summed E-state index contributed by atoms with van der Waals surface area (Å²) < 4.78 is 0. The van der Waals surface area contributed by atoms with Crippen LogP contribution in [0.3, 0.4) is 0 Å². The monoisotopic (exact) mass is 180 g/mol. The quantitative estimate of drug-likeness (QED) is 0.417. The molecule has 0 saturated heterocycles. The molecule has 0 aliphatic carbocycles. The summed E-state index contributed by atoms with van der Waals surface area (Å²) in [5.41, 5.74) is -0.0269. The molecule has 0 aliphatic rings. The van der Waals surface area contributed by atoms with Gasteiger partial charge in [-0.1, -0.05) is 12.1 Å². The van der Waals surface area contributed by atoms with Crippen molar-refractivity contribution in [1.82, 2.24) is 0 Å². The summed E-state index contributed by atoms with van der Waals surface area (Å²) >= 11 is 0. The molecule has 1 unspecified atom stereocenters. The Morgan fingerprint density at radius 3 is 2.69 bits per heavy atom. The Bertz CT molecular complexity index is 338. The minimum atomic E-state index is -1.21. The van der Waals surface area contributed by atoms with E-state index in [9.17, 15) is 15.2 Å². The fourth-order valence-electron chi connectivity index (χ4n) is 0.994. The average Bonchev–Trinajstić information content (AvgIpc) is 2.16. The maximum atomic E-state index is 10.5. The second kappa shape index (κ2) is 3.77. The van der Waals surface area contributed by atoms with Gasteiger partial charge in [-0.3, -0.25) is 10.1 Å². The highest BCUT2D eigenvalue weighted by Gasteiger charge is 2.17. The van der Waals surface area contributed by atoms with Gasteiger partial charge in [0.05, 0.1) is 10.5 Å². The number of nitro benzene ring substituents is 1. The molecule has 13 heavy (non-hydrogen) atoms. The van der Waals surface area contributed by atoms with E-state index in [1.165, 1.54) is 18.2 Å². The van der Waals surface area contributed by atoms with Gasteiger partial charge in [-0.25, -0.2) is 0 Å². The maximum Gasteiger partial charge on any atom is 0.275 e. The zero-order valence-corrected chi connectivity index (χ0v) is 6.68. The Kier molecular flexibility index (Phi) is 2.71. The third-order valence-corrected chi connectivity index (χ3v) is 1.61. The van der Waals surface area contributed by atoms with E-state index < -0.39 is 11.0 Å². The Morgan fingerprint density at radius 2 is 2.15 bits per heavy atom. The Labute approximate surface area is 74.3 Å². The van der Waals surface area contributed by atoms with Crippen LogP contribution in [0.5, 0.6) is 0 Å². The van der Waals surface area contributed by atoms with E-state index in [1.54, 1.807) is 6.07 Å². The minimum Gasteiger partial charge on any atom is -0.382 e. The fraction of sp³-hybridized carbons (Fsp3) is 0.125. The highest BCUT2D eigenvalue weighted by atomic mass is 16.6. The van der Waals surface area contributed by atoms with Gasteiger partial charge in [0, 0.05) is 12.3 Å². The average molecular weight is 180 g/mol. The fourth-order valence-corrected chi connectivity index (χ4v) is 0.994. The third kappa shape index (κ3) is 1.88. The van der Waals surface area contributed by atoms with Gasteiger partial charge in [0.1, 0.15) is 6.10 Å². The van der Waals surface area contributed by atoms with E-state index in [-0.39, 0.29) is 11.3 Å².